The van der Waals surface area contributed by atoms with Gasteiger partial charge in [0.1, 0.15) is 5.00 Å². The summed E-state index contributed by atoms with van der Waals surface area (Å²) in [6.07, 6.45) is 3.18. The smallest absolute Gasteiger partial charge is 0.260 e. The van der Waals surface area contributed by atoms with E-state index >= 15 is 0 Å². The summed E-state index contributed by atoms with van der Waals surface area (Å²) in [5, 5.41) is 3.19. The van der Waals surface area contributed by atoms with Crippen molar-refractivity contribution in [3.8, 4) is 11.5 Å². The molecule has 0 radical (unpaired) electrons. The summed E-state index contributed by atoms with van der Waals surface area (Å²) in [6.45, 7) is 7.30. The minimum absolute atomic E-state index is 0.0589. The SMILES string of the molecule is CCOc1cc(C(=O)Nc2sc(C)c(C)c2C(N)=O)ccc1OCC(=O)N1CCCCC1. The molecule has 9 heteroatoms. The molecule has 0 spiro atoms. The molecule has 172 valence electrons. The number of primary amides is 1. The number of rotatable bonds is 8. The number of nitrogens with one attached hydrogen (secondary N) is 1. The molecule has 3 rings (SSSR count). The molecule has 1 aliphatic rings. The van der Waals surface area contributed by atoms with Crippen molar-refractivity contribution in [1.82, 2.24) is 4.90 Å². The fourth-order valence-corrected chi connectivity index (χ4v) is 4.66. The van der Waals surface area contributed by atoms with Gasteiger partial charge in [0.2, 0.25) is 0 Å². The highest BCUT2D eigenvalue weighted by Crippen LogP contribution is 2.33. The monoisotopic (exact) mass is 459 g/mol. The van der Waals surface area contributed by atoms with E-state index < -0.39 is 11.8 Å². The molecule has 0 saturated carbocycles. The van der Waals surface area contributed by atoms with Gasteiger partial charge in [-0.2, -0.15) is 0 Å². The van der Waals surface area contributed by atoms with E-state index in [1.807, 2.05) is 18.7 Å². The number of piperidine rings is 1. The Balaban J connectivity index is 1.73. The lowest BCUT2D eigenvalue weighted by molar-refractivity contribution is -0.134. The van der Waals surface area contributed by atoms with Crippen LogP contribution in [0.5, 0.6) is 11.5 Å². The number of nitrogens with zero attached hydrogens (tertiary/aromatic N) is 1. The number of amides is 3. The molecule has 2 aromatic rings. The molecule has 0 atom stereocenters. The van der Waals surface area contributed by atoms with E-state index in [2.05, 4.69) is 5.32 Å². The fourth-order valence-electron chi connectivity index (χ4n) is 3.60. The first-order valence-corrected chi connectivity index (χ1v) is 11.5. The van der Waals surface area contributed by atoms with Crippen LogP contribution in [-0.2, 0) is 4.79 Å². The summed E-state index contributed by atoms with van der Waals surface area (Å²) in [4.78, 5) is 39.8. The van der Waals surface area contributed by atoms with Crippen LogP contribution in [0, 0.1) is 13.8 Å². The molecule has 0 unspecified atom stereocenters. The van der Waals surface area contributed by atoms with Gasteiger partial charge in [-0.1, -0.05) is 0 Å². The van der Waals surface area contributed by atoms with E-state index in [-0.39, 0.29) is 12.5 Å². The van der Waals surface area contributed by atoms with Crippen molar-refractivity contribution in [2.24, 2.45) is 5.73 Å². The van der Waals surface area contributed by atoms with Crippen LogP contribution >= 0.6 is 11.3 Å². The molecule has 32 heavy (non-hydrogen) atoms. The molecule has 1 aromatic carbocycles. The van der Waals surface area contributed by atoms with Crippen LogP contribution in [0.4, 0.5) is 5.00 Å². The number of thiophene rings is 1. The number of benzene rings is 1. The van der Waals surface area contributed by atoms with Gasteiger partial charge in [-0.15, -0.1) is 11.3 Å². The zero-order valence-corrected chi connectivity index (χ0v) is 19.5. The van der Waals surface area contributed by atoms with Crippen LogP contribution < -0.4 is 20.5 Å². The second-order valence-corrected chi connectivity index (χ2v) is 8.86. The molecule has 3 amide bonds. The summed E-state index contributed by atoms with van der Waals surface area (Å²) in [7, 11) is 0. The van der Waals surface area contributed by atoms with Crippen LogP contribution in [0.3, 0.4) is 0 Å². The first kappa shape index (κ1) is 23.6. The lowest BCUT2D eigenvalue weighted by Gasteiger charge is -2.26. The van der Waals surface area contributed by atoms with Gasteiger partial charge in [-0.25, -0.2) is 0 Å². The third-order valence-electron chi connectivity index (χ3n) is 5.42. The number of aryl methyl sites for hydroxylation is 1. The molecular weight excluding hydrogens is 430 g/mol. The Morgan fingerprint density at radius 2 is 1.81 bits per heavy atom. The van der Waals surface area contributed by atoms with E-state index in [0.717, 1.165) is 42.8 Å². The van der Waals surface area contributed by atoms with Crippen molar-refractivity contribution in [2.45, 2.75) is 40.0 Å². The average molecular weight is 460 g/mol. The Hall–Kier alpha value is -3.07. The summed E-state index contributed by atoms with van der Waals surface area (Å²) < 4.78 is 11.4. The summed E-state index contributed by atoms with van der Waals surface area (Å²) in [5.74, 6) is -0.268. The Morgan fingerprint density at radius 1 is 1.09 bits per heavy atom. The van der Waals surface area contributed by atoms with Gasteiger partial charge >= 0.3 is 0 Å². The first-order chi connectivity index (χ1) is 15.3. The predicted molar refractivity (Wildman–Crippen MR) is 124 cm³/mol. The molecule has 1 fully saturated rings. The molecule has 1 saturated heterocycles. The lowest BCUT2D eigenvalue weighted by atomic mass is 10.1. The Kier molecular flexibility index (Phi) is 7.74. The minimum Gasteiger partial charge on any atom is -0.490 e. The number of likely N-dealkylation sites (tertiary alicyclic amines) is 1. The van der Waals surface area contributed by atoms with Crippen molar-refractivity contribution in [2.75, 3.05) is 31.6 Å². The normalized spacial score (nSPS) is 13.5. The fraction of sp³-hybridized carbons (Fsp3) is 0.435. The molecule has 1 aromatic heterocycles. The number of hydrogen-bond donors (Lipinski definition) is 2. The van der Waals surface area contributed by atoms with E-state index in [4.69, 9.17) is 15.2 Å². The average Bonchev–Trinajstić information content (AvgIpc) is 3.06. The third kappa shape index (κ3) is 5.40. The van der Waals surface area contributed by atoms with E-state index in [1.165, 1.54) is 11.3 Å². The summed E-state index contributed by atoms with van der Waals surface area (Å²) >= 11 is 1.30. The zero-order chi connectivity index (χ0) is 23.3. The number of ether oxygens (including phenoxy) is 2. The molecule has 3 N–H and O–H groups in total. The van der Waals surface area contributed by atoms with Gasteiger partial charge in [0.25, 0.3) is 17.7 Å². The molecule has 8 nitrogen and oxygen atoms in total. The maximum atomic E-state index is 12.8. The third-order valence-corrected chi connectivity index (χ3v) is 6.55. The van der Waals surface area contributed by atoms with Gasteiger partial charge in [0.15, 0.2) is 18.1 Å². The van der Waals surface area contributed by atoms with Crippen LogP contribution in [0.25, 0.3) is 0 Å². The highest BCUT2D eigenvalue weighted by molar-refractivity contribution is 7.16. The van der Waals surface area contributed by atoms with Gasteiger partial charge in [-0.3, -0.25) is 14.4 Å². The van der Waals surface area contributed by atoms with Gasteiger partial charge in [0, 0.05) is 23.5 Å². The van der Waals surface area contributed by atoms with Gasteiger partial charge in [0.05, 0.1) is 12.2 Å². The largest absolute Gasteiger partial charge is 0.490 e. The van der Waals surface area contributed by atoms with E-state index in [0.29, 0.717) is 34.2 Å². The first-order valence-electron chi connectivity index (χ1n) is 10.7. The standard InChI is InChI=1S/C23H29N3O5S/c1-4-30-18-12-16(22(29)25-23-20(21(24)28)14(2)15(3)32-23)8-9-17(18)31-13-19(27)26-10-6-5-7-11-26/h8-9,12H,4-7,10-11,13H2,1-3H3,(H2,24,28)(H,25,29). The van der Waals surface area contributed by atoms with Crippen LogP contribution in [0.15, 0.2) is 18.2 Å². The molecule has 0 bridgehead atoms. The molecular formula is C23H29N3O5S. The summed E-state index contributed by atoms with van der Waals surface area (Å²) in [6, 6.07) is 4.77. The second kappa shape index (κ2) is 10.5. The zero-order valence-electron chi connectivity index (χ0n) is 18.7. The predicted octanol–water partition coefficient (Wildman–Crippen LogP) is 3.51. The lowest BCUT2D eigenvalue weighted by Crippen LogP contribution is -2.38. The number of nitrogens with two attached hydrogens (primary N) is 1. The number of carbonyl (C=O) groups is 3. The summed E-state index contributed by atoms with van der Waals surface area (Å²) in [5.41, 5.74) is 6.90. The van der Waals surface area contributed by atoms with Gasteiger partial charge in [-0.05, 0) is 63.8 Å². The Labute approximate surface area is 191 Å². The maximum Gasteiger partial charge on any atom is 0.260 e. The van der Waals surface area contributed by atoms with Crippen molar-refractivity contribution in [3.63, 3.8) is 0 Å². The topological polar surface area (TPSA) is 111 Å². The van der Waals surface area contributed by atoms with Crippen molar-refractivity contribution >= 4 is 34.1 Å². The van der Waals surface area contributed by atoms with Crippen molar-refractivity contribution in [3.05, 3.63) is 39.8 Å². The van der Waals surface area contributed by atoms with E-state index in [9.17, 15) is 14.4 Å². The second-order valence-electron chi connectivity index (χ2n) is 7.63. The van der Waals surface area contributed by atoms with Crippen LogP contribution in [0.1, 0.15) is 57.3 Å². The number of anilines is 1. The molecule has 1 aliphatic heterocycles. The Morgan fingerprint density at radius 3 is 2.47 bits per heavy atom. The number of hydrogen-bond acceptors (Lipinski definition) is 6. The highest BCUT2D eigenvalue weighted by Gasteiger charge is 2.21. The van der Waals surface area contributed by atoms with Crippen LogP contribution in [-0.4, -0.2) is 48.9 Å². The van der Waals surface area contributed by atoms with Crippen molar-refractivity contribution in [1.29, 1.82) is 0 Å². The van der Waals surface area contributed by atoms with Gasteiger partial charge < -0.3 is 25.4 Å². The minimum atomic E-state index is -0.584. The number of carbonyl (C=O) groups excluding carboxylic acids is 3. The van der Waals surface area contributed by atoms with E-state index in [1.54, 1.807) is 25.1 Å². The highest BCUT2D eigenvalue weighted by atomic mass is 32.1. The molecule has 0 aliphatic carbocycles. The Bertz CT molecular complexity index is 1010. The maximum absolute atomic E-state index is 12.8. The van der Waals surface area contributed by atoms with Crippen LogP contribution in [0.2, 0.25) is 0 Å². The quantitative estimate of drug-likeness (QED) is 0.628. The van der Waals surface area contributed by atoms with Crippen molar-refractivity contribution < 1.29 is 23.9 Å². The molecule has 2 heterocycles.